The molecular weight excluding hydrogens is 480 g/mol. The van der Waals surface area contributed by atoms with Crippen molar-refractivity contribution in [2.45, 2.75) is 20.3 Å². The standard InChI is InChI=1S/C26H21BrN4O2/c1-16(14-28)10-18-4-3-5-19(11-18)25(32)30-21-8-6-17(2)24(13-21)31-15-29-23-12-20(27)7-9-22(23)26(31)33/h3-9,11-13,15-16H,10H2,1-2H3,(H,30,32). The first-order chi connectivity index (χ1) is 15.9. The van der Waals surface area contributed by atoms with E-state index >= 15 is 0 Å². The number of halogens is 1. The predicted octanol–water partition coefficient (Wildman–Crippen LogP) is 5.41. The monoisotopic (exact) mass is 500 g/mol. The molecule has 4 rings (SSSR count). The number of amides is 1. The Labute approximate surface area is 199 Å². The Balaban J connectivity index is 1.64. The number of nitrogens with one attached hydrogen (secondary N) is 1. The van der Waals surface area contributed by atoms with Gasteiger partial charge >= 0.3 is 0 Å². The highest BCUT2D eigenvalue weighted by Gasteiger charge is 2.12. The molecule has 33 heavy (non-hydrogen) atoms. The third kappa shape index (κ3) is 4.86. The van der Waals surface area contributed by atoms with E-state index in [4.69, 9.17) is 5.26 Å². The smallest absolute Gasteiger partial charge is 0.265 e. The Kier molecular flexibility index (Phi) is 6.38. The van der Waals surface area contributed by atoms with Crippen molar-refractivity contribution in [2.24, 2.45) is 5.92 Å². The lowest BCUT2D eigenvalue weighted by atomic mass is 10.0. The van der Waals surface area contributed by atoms with Crippen LogP contribution < -0.4 is 10.9 Å². The minimum absolute atomic E-state index is 0.127. The number of benzene rings is 3. The number of aryl methyl sites for hydroxylation is 1. The van der Waals surface area contributed by atoms with Crippen LogP contribution in [0.3, 0.4) is 0 Å². The van der Waals surface area contributed by atoms with Gasteiger partial charge in [-0.15, -0.1) is 0 Å². The Morgan fingerprint density at radius 1 is 1.18 bits per heavy atom. The summed E-state index contributed by atoms with van der Waals surface area (Å²) in [6.45, 7) is 3.75. The van der Waals surface area contributed by atoms with Crippen LogP contribution in [0.15, 0.2) is 76.3 Å². The first kappa shape index (κ1) is 22.4. The van der Waals surface area contributed by atoms with Gasteiger partial charge in [0, 0.05) is 21.6 Å². The van der Waals surface area contributed by atoms with Gasteiger partial charge in [-0.2, -0.15) is 5.26 Å². The molecule has 1 aromatic heterocycles. The number of hydrogen-bond donors (Lipinski definition) is 1. The van der Waals surface area contributed by atoms with Crippen molar-refractivity contribution in [3.63, 3.8) is 0 Å². The maximum atomic E-state index is 13.1. The van der Waals surface area contributed by atoms with E-state index in [0.29, 0.717) is 34.3 Å². The van der Waals surface area contributed by atoms with E-state index in [9.17, 15) is 9.59 Å². The van der Waals surface area contributed by atoms with Crippen LogP contribution in [0.1, 0.15) is 28.4 Å². The molecule has 0 saturated heterocycles. The lowest BCUT2D eigenvalue weighted by Crippen LogP contribution is -2.20. The van der Waals surface area contributed by atoms with Gasteiger partial charge in [-0.05, 0) is 73.9 Å². The largest absolute Gasteiger partial charge is 0.322 e. The lowest BCUT2D eigenvalue weighted by molar-refractivity contribution is 0.102. The molecule has 4 aromatic rings. The van der Waals surface area contributed by atoms with Gasteiger partial charge in [-0.1, -0.05) is 34.1 Å². The summed E-state index contributed by atoms with van der Waals surface area (Å²) in [5.41, 5.74) is 3.96. The van der Waals surface area contributed by atoms with Crippen LogP contribution in [0.4, 0.5) is 5.69 Å². The van der Waals surface area contributed by atoms with Gasteiger partial charge in [0.15, 0.2) is 0 Å². The van der Waals surface area contributed by atoms with Crippen LogP contribution in [0.2, 0.25) is 0 Å². The molecule has 164 valence electrons. The summed E-state index contributed by atoms with van der Waals surface area (Å²) in [6, 6.07) is 20.2. The number of hydrogen-bond acceptors (Lipinski definition) is 4. The second-order valence-corrected chi connectivity index (χ2v) is 8.89. The fraction of sp³-hybridized carbons (Fsp3) is 0.154. The van der Waals surface area contributed by atoms with Crippen LogP contribution >= 0.6 is 15.9 Å². The normalized spacial score (nSPS) is 11.7. The minimum atomic E-state index is -0.259. The zero-order valence-electron chi connectivity index (χ0n) is 18.2. The second kappa shape index (κ2) is 9.39. The third-order valence-electron chi connectivity index (χ3n) is 5.40. The van der Waals surface area contributed by atoms with Gasteiger partial charge in [-0.25, -0.2) is 4.98 Å². The molecule has 3 aromatic carbocycles. The lowest BCUT2D eigenvalue weighted by Gasteiger charge is -2.13. The molecule has 1 amide bonds. The number of anilines is 1. The Hall–Kier alpha value is -3.76. The molecular formula is C26H21BrN4O2. The summed E-state index contributed by atoms with van der Waals surface area (Å²) >= 11 is 3.40. The Morgan fingerprint density at radius 2 is 2.00 bits per heavy atom. The molecule has 1 heterocycles. The number of carbonyl (C=O) groups is 1. The number of rotatable bonds is 5. The zero-order chi connectivity index (χ0) is 23.5. The highest BCUT2D eigenvalue weighted by atomic mass is 79.9. The van der Waals surface area contributed by atoms with E-state index in [-0.39, 0.29) is 17.4 Å². The Morgan fingerprint density at radius 3 is 2.79 bits per heavy atom. The summed E-state index contributed by atoms with van der Waals surface area (Å²) in [5, 5.41) is 12.5. The second-order valence-electron chi connectivity index (χ2n) is 7.97. The first-order valence-electron chi connectivity index (χ1n) is 10.4. The molecule has 1 unspecified atom stereocenters. The molecule has 0 saturated carbocycles. The molecule has 1 atom stereocenters. The van der Waals surface area contributed by atoms with E-state index < -0.39 is 0 Å². The van der Waals surface area contributed by atoms with E-state index in [1.165, 1.54) is 10.9 Å². The van der Waals surface area contributed by atoms with Crippen LogP contribution in [0, 0.1) is 24.2 Å². The van der Waals surface area contributed by atoms with Gasteiger partial charge in [0.05, 0.1) is 22.7 Å². The van der Waals surface area contributed by atoms with E-state index in [2.05, 4.69) is 32.3 Å². The van der Waals surface area contributed by atoms with Crippen molar-refractivity contribution in [1.82, 2.24) is 9.55 Å². The van der Waals surface area contributed by atoms with E-state index in [1.807, 2.05) is 38.1 Å². The quantitative estimate of drug-likeness (QED) is 0.396. The summed E-state index contributed by atoms with van der Waals surface area (Å²) < 4.78 is 2.34. The molecule has 0 radical (unpaired) electrons. The third-order valence-corrected chi connectivity index (χ3v) is 5.89. The number of nitriles is 1. The molecule has 0 aliphatic carbocycles. The van der Waals surface area contributed by atoms with E-state index in [0.717, 1.165) is 15.6 Å². The molecule has 0 fully saturated rings. The number of nitrogens with zero attached hydrogens (tertiary/aromatic N) is 3. The van der Waals surface area contributed by atoms with Crippen LogP contribution in [-0.2, 0) is 6.42 Å². The van der Waals surface area contributed by atoms with Gasteiger partial charge < -0.3 is 5.32 Å². The number of carbonyl (C=O) groups excluding carboxylic acids is 1. The highest BCUT2D eigenvalue weighted by Crippen LogP contribution is 2.21. The summed E-state index contributed by atoms with van der Waals surface area (Å²) in [6.07, 6.45) is 2.09. The molecule has 0 spiro atoms. The van der Waals surface area contributed by atoms with Gasteiger partial charge in [0.1, 0.15) is 6.33 Å². The Bertz CT molecular complexity index is 1470. The summed E-state index contributed by atoms with van der Waals surface area (Å²) in [4.78, 5) is 30.4. The van der Waals surface area contributed by atoms with Crippen molar-refractivity contribution in [3.05, 3.63) is 98.5 Å². The topological polar surface area (TPSA) is 87.8 Å². The molecule has 0 aliphatic heterocycles. The van der Waals surface area contributed by atoms with Gasteiger partial charge in [0.2, 0.25) is 0 Å². The van der Waals surface area contributed by atoms with Gasteiger partial charge in [0.25, 0.3) is 11.5 Å². The summed E-state index contributed by atoms with van der Waals surface area (Å²) in [5.74, 6) is -0.386. The van der Waals surface area contributed by atoms with E-state index in [1.54, 1.807) is 36.4 Å². The number of fused-ring (bicyclic) bond motifs is 1. The van der Waals surface area contributed by atoms with Crippen LogP contribution in [0.25, 0.3) is 16.6 Å². The predicted molar refractivity (Wildman–Crippen MR) is 133 cm³/mol. The fourth-order valence-electron chi connectivity index (χ4n) is 3.65. The zero-order valence-corrected chi connectivity index (χ0v) is 19.8. The van der Waals surface area contributed by atoms with Gasteiger partial charge in [-0.3, -0.25) is 14.2 Å². The minimum Gasteiger partial charge on any atom is -0.322 e. The van der Waals surface area contributed by atoms with Crippen LogP contribution in [-0.4, -0.2) is 15.5 Å². The molecule has 1 N–H and O–H groups in total. The van der Waals surface area contributed by atoms with Crippen molar-refractivity contribution in [3.8, 4) is 11.8 Å². The molecule has 0 aliphatic rings. The average molecular weight is 501 g/mol. The fourth-order valence-corrected chi connectivity index (χ4v) is 4.00. The number of aromatic nitrogens is 2. The van der Waals surface area contributed by atoms with Crippen molar-refractivity contribution in [1.29, 1.82) is 5.26 Å². The molecule has 0 bridgehead atoms. The SMILES string of the molecule is Cc1ccc(NC(=O)c2cccc(CC(C)C#N)c2)cc1-n1cnc2cc(Br)ccc2c1=O. The van der Waals surface area contributed by atoms with Crippen LogP contribution in [0.5, 0.6) is 0 Å². The summed E-state index contributed by atoms with van der Waals surface area (Å²) in [7, 11) is 0. The van der Waals surface area contributed by atoms with Crippen molar-refractivity contribution >= 4 is 38.4 Å². The molecule has 6 nitrogen and oxygen atoms in total. The maximum absolute atomic E-state index is 13.1. The first-order valence-corrected chi connectivity index (χ1v) is 11.2. The maximum Gasteiger partial charge on any atom is 0.265 e. The molecule has 7 heteroatoms. The van der Waals surface area contributed by atoms with Crippen molar-refractivity contribution < 1.29 is 4.79 Å². The highest BCUT2D eigenvalue weighted by molar-refractivity contribution is 9.10. The van der Waals surface area contributed by atoms with Crippen molar-refractivity contribution in [2.75, 3.05) is 5.32 Å². The average Bonchev–Trinajstić information content (AvgIpc) is 2.80.